The van der Waals surface area contributed by atoms with Gasteiger partial charge in [0.15, 0.2) is 0 Å². The van der Waals surface area contributed by atoms with Crippen LogP contribution < -0.4 is 5.09 Å². The number of phenols is 2. The van der Waals surface area contributed by atoms with Crippen molar-refractivity contribution in [2.75, 3.05) is 5.09 Å². The summed E-state index contributed by atoms with van der Waals surface area (Å²) in [4.78, 5) is 18.0. The lowest BCUT2D eigenvalue weighted by molar-refractivity contribution is 0.165. The second-order valence-corrected chi connectivity index (χ2v) is 6.43. The normalized spacial score (nSPS) is 12.8. The van der Waals surface area contributed by atoms with Gasteiger partial charge in [0, 0.05) is 5.56 Å². The number of nitrogens with one attached hydrogen (secondary N) is 1. The maximum Gasteiger partial charge on any atom is 0.427 e. The predicted molar refractivity (Wildman–Crippen MR) is 85.2 cm³/mol. The van der Waals surface area contributed by atoms with Crippen molar-refractivity contribution in [3.8, 4) is 11.5 Å². The second-order valence-electron chi connectivity index (χ2n) is 5.12. The zero-order chi connectivity index (χ0) is 17.0. The van der Waals surface area contributed by atoms with E-state index in [1.807, 2.05) is 5.09 Å². The minimum Gasteiger partial charge on any atom is -0.508 e. The SMILES string of the molecule is O=P(O)(O)Nc1cccc(O)c1C(O)CCc1ccc(O)cc1. The highest BCUT2D eigenvalue weighted by atomic mass is 31.2. The van der Waals surface area contributed by atoms with E-state index in [0.29, 0.717) is 6.42 Å². The van der Waals surface area contributed by atoms with Gasteiger partial charge in [0.1, 0.15) is 11.5 Å². The van der Waals surface area contributed by atoms with Gasteiger partial charge in [-0.05, 0) is 42.7 Å². The Balaban J connectivity index is 2.16. The van der Waals surface area contributed by atoms with Gasteiger partial charge < -0.3 is 25.1 Å². The van der Waals surface area contributed by atoms with E-state index < -0.39 is 13.9 Å². The predicted octanol–water partition coefficient (Wildman–Crippen LogP) is 2.27. The van der Waals surface area contributed by atoms with Crippen LogP contribution in [0.1, 0.15) is 23.7 Å². The summed E-state index contributed by atoms with van der Waals surface area (Å²) >= 11 is 0. The molecule has 0 bridgehead atoms. The van der Waals surface area contributed by atoms with Crippen molar-refractivity contribution in [3.63, 3.8) is 0 Å². The Hall–Kier alpha value is -2.05. The lowest BCUT2D eigenvalue weighted by Crippen LogP contribution is -2.05. The summed E-state index contributed by atoms with van der Waals surface area (Å²) in [6, 6.07) is 10.6. The van der Waals surface area contributed by atoms with Gasteiger partial charge in [0.25, 0.3) is 0 Å². The van der Waals surface area contributed by atoms with E-state index in [1.165, 1.54) is 30.3 Å². The van der Waals surface area contributed by atoms with Crippen molar-refractivity contribution in [2.24, 2.45) is 0 Å². The fourth-order valence-electron chi connectivity index (χ4n) is 2.27. The third-order valence-electron chi connectivity index (χ3n) is 3.33. The molecule has 0 heterocycles. The van der Waals surface area contributed by atoms with Crippen LogP contribution in [0.3, 0.4) is 0 Å². The van der Waals surface area contributed by atoms with Gasteiger partial charge in [-0.3, -0.25) is 5.09 Å². The first-order valence-electron chi connectivity index (χ1n) is 6.88. The van der Waals surface area contributed by atoms with Crippen molar-refractivity contribution in [1.82, 2.24) is 0 Å². The molecule has 0 fully saturated rings. The summed E-state index contributed by atoms with van der Waals surface area (Å²) in [6.07, 6.45) is -0.414. The Bertz CT molecular complexity index is 712. The number of aliphatic hydroxyl groups is 1. The average molecular weight is 339 g/mol. The second kappa shape index (κ2) is 7.02. The minimum atomic E-state index is -4.56. The van der Waals surface area contributed by atoms with Crippen LogP contribution in [0.5, 0.6) is 11.5 Å². The lowest BCUT2D eigenvalue weighted by Gasteiger charge is -2.18. The van der Waals surface area contributed by atoms with E-state index in [4.69, 9.17) is 9.79 Å². The van der Waals surface area contributed by atoms with Crippen LogP contribution in [0.4, 0.5) is 5.69 Å². The van der Waals surface area contributed by atoms with Crippen LogP contribution in [0.25, 0.3) is 0 Å². The van der Waals surface area contributed by atoms with E-state index >= 15 is 0 Å². The molecule has 0 aliphatic carbocycles. The molecule has 7 nitrogen and oxygen atoms in total. The molecule has 0 aliphatic heterocycles. The zero-order valence-electron chi connectivity index (χ0n) is 12.1. The molecule has 2 rings (SSSR count). The Morgan fingerprint density at radius 1 is 1.04 bits per heavy atom. The Labute approximate surface area is 133 Å². The van der Waals surface area contributed by atoms with Crippen molar-refractivity contribution in [3.05, 3.63) is 53.6 Å². The van der Waals surface area contributed by atoms with Crippen LogP contribution in [0.15, 0.2) is 42.5 Å². The minimum absolute atomic E-state index is 0.0171. The largest absolute Gasteiger partial charge is 0.508 e. The molecule has 2 aromatic carbocycles. The lowest BCUT2D eigenvalue weighted by atomic mass is 9.99. The number of rotatable bonds is 6. The molecular weight excluding hydrogens is 321 g/mol. The van der Waals surface area contributed by atoms with Crippen LogP contribution in [-0.4, -0.2) is 25.1 Å². The van der Waals surface area contributed by atoms with Crippen molar-refractivity contribution in [2.45, 2.75) is 18.9 Å². The Morgan fingerprint density at radius 2 is 1.70 bits per heavy atom. The van der Waals surface area contributed by atoms with Crippen molar-refractivity contribution < 1.29 is 29.7 Å². The van der Waals surface area contributed by atoms with E-state index in [-0.39, 0.29) is 29.2 Å². The molecule has 0 saturated carbocycles. The summed E-state index contributed by atoms with van der Waals surface area (Å²) in [6.45, 7) is 0. The molecule has 23 heavy (non-hydrogen) atoms. The topological polar surface area (TPSA) is 130 Å². The van der Waals surface area contributed by atoms with Crippen molar-refractivity contribution in [1.29, 1.82) is 0 Å². The maximum atomic E-state index is 11.1. The van der Waals surface area contributed by atoms with E-state index in [0.717, 1.165) is 5.56 Å². The maximum absolute atomic E-state index is 11.1. The molecule has 1 unspecified atom stereocenters. The number of hydrogen-bond acceptors (Lipinski definition) is 4. The molecule has 124 valence electrons. The van der Waals surface area contributed by atoms with Crippen molar-refractivity contribution >= 4 is 13.4 Å². The van der Waals surface area contributed by atoms with Crippen LogP contribution >= 0.6 is 7.75 Å². The fraction of sp³-hybridized carbons (Fsp3) is 0.200. The van der Waals surface area contributed by atoms with Gasteiger partial charge in [-0.15, -0.1) is 0 Å². The Kier molecular flexibility index (Phi) is 5.28. The molecule has 1 atom stereocenters. The van der Waals surface area contributed by atoms with Gasteiger partial charge in [-0.2, -0.15) is 0 Å². The third kappa shape index (κ3) is 4.97. The van der Waals surface area contributed by atoms with E-state index in [1.54, 1.807) is 12.1 Å². The first kappa shape index (κ1) is 17.3. The standard InChI is InChI=1S/C15H18NO6P/c17-11-7-4-10(5-8-11)6-9-14(19)15-12(16-23(20,21)22)2-1-3-13(15)18/h1-5,7-8,14,17-19H,6,9H2,(H3,16,20,21,22). The number of aryl methyl sites for hydroxylation is 1. The van der Waals surface area contributed by atoms with Crippen LogP contribution in [0, 0.1) is 0 Å². The molecule has 0 spiro atoms. The highest BCUT2D eigenvalue weighted by Crippen LogP contribution is 2.41. The molecule has 0 aromatic heterocycles. The van der Waals surface area contributed by atoms with Gasteiger partial charge in [-0.1, -0.05) is 18.2 Å². The average Bonchev–Trinajstić information content (AvgIpc) is 2.45. The summed E-state index contributed by atoms with van der Waals surface area (Å²) in [5, 5.41) is 31.4. The number of anilines is 1. The number of hydrogen-bond donors (Lipinski definition) is 6. The van der Waals surface area contributed by atoms with Crippen LogP contribution in [-0.2, 0) is 11.0 Å². The zero-order valence-corrected chi connectivity index (χ0v) is 13.0. The molecule has 8 heteroatoms. The molecule has 2 aromatic rings. The molecule has 0 amide bonds. The summed E-state index contributed by atoms with van der Waals surface area (Å²) < 4.78 is 11.1. The number of benzene rings is 2. The van der Waals surface area contributed by atoms with E-state index in [9.17, 15) is 19.9 Å². The molecule has 0 saturated heterocycles. The van der Waals surface area contributed by atoms with Gasteiger partial charge in [0.05, 0.1) is 11.8 Å². The Morgan fingerprint density at radius 3 is 2.30 bits per heavy atom. The number of aromatic hydroxyl groups is 2. The highest BCUT2D eigenvalue weighted by Gasteiger charge is 2.21. The summed E-state index contributed by atoms with van der Waals surface area (Å²) in [7, 11) is -4.56. The molecular formula is C15H18NO6P. The molecule has 0 aliphatic rings. The smallest absolute Gasteiger partial charge is 0.427 e. The number of phenolic OH excluding ortho intramolecular Hbond substituents is 2. The monoisotopic (exact) mass is 339 g/mol. The first-order valence-corrected chi connectivity index (χ1v) is 8.49. The highest BCUT2D eigenvalue weighted by molar-refractivity contribution is 7.53. The van der Waals surface area contributed by atoms with Crippen LogP contribution in [0.2, 0.25) is 0 Å². The van der Waals surface area contributed by atoms with Gasteiger partial charge in [-0.25, -0.2) is 4.57 Å². The summed E-state index contributed by atoms with van der Waals surface area (Å²) in [5.74, 6) is -0.107. The third-order valence-corrected chi connectivity index (χ3v) is 3.86. The molecule has 0 radical (unpaired) electrons. The summed E-state index contributed by atoms with van der Waals surface area (Å²) in [5.41, 5.74) is 0.896. The van der Waals surface area contributed by atoms with Gasteiger partial charge in [0.2, 0.25) is 0 Å². The quantitative estimate of drug-likeness (QED) is 0.445. The first-order chi connectivity index (χ1) is 10.8. The number of aliphatic hydroxyl groups excluding tert-OH is 1. The molecule has 6 N–H and O–H groups in total. The van der Waals surface area contributed by atoms with E-state index in [2.05, 4.69) is 0 Å². The van der Waals surface area contributed by atoms with Gasteiger partial charge >= 0.3 is 7.75 Å². The fourth-order valence-corrected chi connectivity index (χ4v) is 2.78.